The van der Waals surface area contributed by atoms with E-state index in [0.717, 1.165) is 12.7 Å². The van der Waals surface area contributed by atoms with Crippen LogP contribution in [0.2, 0.25) is 0 Å². The summed E-state index contributed by atoms with van der Waals surface area (Å²) in [6.07, 6.45) is 4.85. The molecule has 1 aromatic carbocycles. The minimum Gasteiger partial charge on any atom is -0.376 e. The number of allylic oxidation sites excluding steroid dienone is 1. The Bertz CT molecular complexity index is 278. The summed E-state index contributed by atoms with van der Waals surface area (Å²) >= 11 is 0. The lowest BCUT2D eigenvalue weighted by molar-refractivity contribution is -0.104. The van der Waals surface area contributed by atoms with Crippen LogP contribution in [0.1, 0.15) is 12.0 Å². The summed E-state index contributed by atoms with van der Waals surface area (Å²) in [4.78, 5) is 9.93. The van der Waals surface area contributed by atoms with E-state index >= 15 is 0 Å². The molecule has 0 bridgehead atoms. The van der Waals surface area contributed by atoms with Crippen LogP contribution < -0.4 is 0 Å². The Morgan fingerprint density at radius 2 is 2.00 bits per heavy atom. The largest absolute Gasteiger partial charge is 0.376 e. The number of benzene rings is 1. The van der Waals surface area contributed by atoms with Gasteiger partial charge in [0.05, 0.1) is 13.2 Å². The molecule has 14 heavy (non-hydrogen) atoms. The van der Waals surface area contributed by atoms with Gasteiger partial charge >= 0.3 is 0 Å². The Labute approximate surface area is 84.2 Å². The molecule has 0 unspecified atom stereocenters. The van der Waals surface area contributed by atoms with Gasteiger partial charge in [-0.05, 0) is 18.1 Å². The topological polar surface area (TPSA) is 26.3 Å². The quantitative estimate of drug-likeness (QED) is 0.391. The molecule has 0 N–H and O–H groups in total. The van der Waals surface area contributed by atoms with Crippen LogP contribution in [0.15, 0.2) is 42.5 Å². The molecular formula is C12H14O2. The van der Waals surface area contributed by atoms with E-state index < -0.39 is 0 Å². The van der Waals surface area contributed by atoms with Crippen molar-refractivity contribution in [3.63, 3.8) is 0 Å². The first kappa shape index (κ1) is 10.7. The van der Waals surface area contributed by atoms with Crippen molar-refractivity contribution in [1.29, 1.82) is 0 Å². The second-order valence-electron chi connectivity index (χ2n) is 2.89. The lowest BCUT2D eigenvalue weighted by atomic mass is 10.2. The fourth-order valence-electron chi connectivity index (χ4n) is 1.07. The first-order chi connectivity index (χ1) is 6.93. The van der Waals surface area contributed by atoms with Crippen LogP contribution >= 0.6 is 0 Å². The van der Waals surface area contributed by atoms with Crippen LogP contribution in [0.4, 0.5) is 0 Å². The molecule has 0 heterocycles. The molecule has 0 aliphatic rings. The SMILES string of the molecule is O=C/C=C\CCOCc1ccccc1. The maximum atomic E-state index is 9.93. The van der Waals surface area contributed by atoms with Crippen LogP contribution in [0, 0.1) is 0 Å². The molecular weight excluding hydrogens is 176 g/mol. The van der Waals surface area contributed by atoms with Crippen molar-refractivity contribution >= 4 is 6.29 Å². The lowest BCUT2D eigenvalue weighted by Gasteiger charge is -2.01. The smallest absolute Gasteiger partial charge is 0.142 e. The number of rotatable bonds is 6. The van der Waals surface area contributed by atoms with Crippen LogP contribution in [0.5, 0.6) is 0 Å². The van der Waals surface area contributed by atoms with Crippen molar-refractivity contribution in [1.82, 2.24) is 0 Å². The molecule has 0 atom stereocenters. The molecule has 0 radical (unpaired) electrons. The van der Waals surface area contributed by atoms with Crippen molar-refractivity contribution in [2.75, 3.05) is 6.61 Å². The third kappa shape index (κ3) is 4.58. The Hall–Kier alpha value is -1.41. The van der Waals surface area contributed by atoms with Gasteiger partial charge in [0.2, 0.25) is 0 Å². The Kier molecular flexibility index (Phi) is 5.36. The predicted molar refractivity (Wildman–Crippen MR) is 55.9 cm³/mol. The molecule has 0 saturated carbocycles. The normalized spacial score (nSPS) is 10.6. The molecule has 0 aliphatic carbocycles. The van der Waals surface area contributed by atoms with Gasteiger partial charge in [-0.2, -0.15) is 0 Å². The van der Waals surface area contributed by atoms with Crippen molar-refractivity contribution in [2.24, 2.45) is 0 Å². The molecule has 74 valence electrons. The number of carbonyl (C=O) groups excluding carboxylic acids is 1. The molecule has 0 amide bonds. The Balaban J connectivity index is 2.10. The fourth-order valence-corrected chi connectivity index (χ4v) is 1.07. The Morgan fingerprint density at radius 1 is 1.21 bits per heavy atom. The van der Waals surface area contributed by atoms with Gasteiger partial charge in [-0.3, -0.25) is 4.79 Å². The standard InChI is InChI=1S/C12H14O2/c13-9-5-2-6-10-14-11-12-7-3-1-4-8-12/h1-5,7-9H,6,10-11H2/b5-2-. The third-order valence-electron chi connectivity index (χ3n) is 1.76. The van der Waals surface area contributed by atoms with Gasteiger partial charge in [-0.25, -0.2) is 0 Å². The van der Waals surface area contributed by atoms with E-state index in [4.69, 9.17) is 4.74 Å². The Morgan fingerprint density at radius 3 is 2.71 bits per heavy atom. The molecule has 1 rings (SSSR count). The van der Waals surface area contributed by atoms with E-state index in [1.54, 1.807) is 6.08 Å². The van der Waals surface area contributed by atoms with Crippen molar-refractivity contribution in [3.05, 3.63) is 48.0 Å². The molecule has 0 aromatic heterocycles. The zero-order valence-electron chi connectivity index (χ0n) is 8.06. The van der Waals surface area contributed by atoms with E-state index in [9.17, 15) is 4.79 Å². The van der Waals surface area contributed by atoms with Crippen molar-refractivity contribution < 1.29 is 9.53 Å². The van der Waals surface area contributed by atoms with Crippen LogP contribution in [0.25, 0.3) is 0 Å². The minimum absolute atomic E-state index is 0.635. The number of hydrogen-bond donors (Lipinski definition) is 0. The highest BCUT2D eigenvalue weighted by atomic mass is 16.5. The summed E-state index contributed by atoms with van der Waals surface area (Å²) < 4.78 is 5.40. The highest BCUT2D eigenvalue weighted by Gasteiger charge is 1.89. The minimum atomic E-state index is 0.635. The maximum Gasteiger partial charge on any atom is 0.142 e. The first-order valence-corrected chi connectivity index (χ1v) is 4.65. The monoisotopic (exact) mass is 190 g/mol. The van der Waals surface area contributed by atoms with Gasteiger partial charge in [0, 0.05) is 0 Å². The number of carbonyl (C=O) groups is 1. The second kappa shape index (κ2) is 7.04. The highest BCUT2D eigenvalue weighted by molar-refractivity contribution is 5.64. The third-order valence-corrected chi connectivity index (χ3v) is 1.76. The van der Waals surface area contributed by atoms with Gasteiger partial charge in [-0.15, -0.1) is 0 Å². The van der Waals surface area contributed by atoms with E-state index in [0.29, 0.717) is 13.2 Å². The van der Waals surface area contributed by atoms with Crippen LogP contribution in [-0.2, 0) is 16.1 Å². The molecule has 2 nitrogen and oxygen atoms in total. The summed E-state index contributed by atoms with van der Waals surface area (Å²) in [5, 5.41) is 0. The highest BCUT2D eigenvalue weighted by Crippen LogP contribution is 2.00. The summed E-state index contributed by atoms with van der Waals surface area (Å²) in [7, 11) is 0. The zero-order chi connectivity index (χ0) is 10.1. The lowest BCUT2D eigenvalue weighted by Crippen LogP contribution is -1.93. The first-order valence-electron chi connectivity index (χ1n) is 4.65. The summed E-state index contributed by atoms with van der Waals surface area (Å²) in [5.74, 6) is 0. The molecule has 0 fully saturated rings. The number of ether oxygens (including phenoxy) is 1. The predicted octanol–water partition coefficient (Wildman–Crippen LogP) is 2.35. The average Bonchev–Trinajstić information content (AvgIpc) is 2.25. The number of aldehydes is 1. The molecule has 0 saturated heterocycles. The molecule has 0 spiro atoms. The zero-order valence-corrected chi connectivity index (χ0v) is 8.06. The van der Waals surface area contributed by atoms with E-state index in [-0.39, 0.29) is 0 Å². The van der Waals surface area contributed by atoms with E-state index in [1.807, 2.05) is 30.3 Å². The van der Waals surface area contributed by atoms with Crippen LogP contribution in [-0.4, -0.2) is 12.9 Å². The summed E-state index contributed by atoms with van der Waals surface area (Å²) in [6, 6.07) is 10.0. The molecule has 2 heteroatoms. The summed E-state index contributed by atoms with van der Waals surface area (Å²) in [5.41, 5.74) is 1.17. The number of hydrogen-bond acceptors (Lipinski definition) is 2. The van der Waals surface area contributed by atoms with Gasteiger partial charge < -0.3 is 4.74 Å². The van der Waals surface area contributed by atoms with Crippen molar-refractivity contribution in [2.45, 2.75) is 13.0 Å². The fraction of sp³-hybridized carbons (Fsp3) is 0.250. The average molecular weight is 190 g/mol. The van der Waals surface area contributed by atoms with Gasteiger partial charge in [0.25, 0.3) is 0 Å². The van der Waals surface area contributed by atoms with E-state index in [1.165, 1.54) is 11.6 Å². The molecule has 1 aromatic rings. The van der Waals surface area contributed by atoms with Gasteiger partial charge in [-0.1, -0.05) is 36.4 Å². The maximum absolute atomic E-state index is 9.93. The van der Waals surface area contributed by atoms with E-state index in [2.05, 4.69) is 0 Å². The van der Waals surface area contributed by atoms with Gasteiger partial charge in [0.15, 0.2) is 0 Å². The summed E-state index contributed by atoms with van der Waals surface area (Å²) in [6.45, 7) is 1.29. The van der Waals surface area contributed by atoms with Crippen molar-refractivity contribution in [3.8, 4) is 0 Å². The van der Waals surface area contributed by atoms with Crippen LogP contribution in [0.3, 0.4) is 0 Å². The second-order valence-corrected chi connectivity index (χ2v) is 2.89. The molecule has 0 aliphatic heterocycles. The van der Waals surface area contributed by atoms with Gasteiger partial charge in [0.1, 0.15) is 6.29 Å².